The predicted molar refractivity (Wildman–Crippen MR) is 96.9 cm³/mol. The van der Waals surface area contributed by atoms with Crippen LogP contribution < -0.4 is 10.2 Å². The summed E-state index contributed by atoms with van der Waals surface area (Å²) in [6, 6.07) is 3.77. The molecule has 0 aromatic carbocycles. The van der Waals surface area contributed by atoms with Crippen molar-refractivity contribution in [3.05, 3.63) is 35.9 Å². The minimum atomic E-state index is -0.128. The summed E-state index contributed by atoms with van der Waals surface area (Å²) in [5.74, 6) is 1.22. The molecule has 1 aliphatic heterocycles. The summed E-state index contributed by atoms with van der Waals surface area (Å²) in [6.45, 7) is 5.27. The Morgan fingerprint density at radius 1 is 1.31 bits per heavy atom. The molecule has 4 heterocycles. The number of hydrogen-bond donors (Lipinski definition) is 1. The largest absolute Gasteiger partial charge is 0.355 e. The molecule has 26 heavy (non-hydrogen) atoms. The summed E-state index contributed by atoms with van der Waals surface area (Å²) in [4.78, 5) is 27.6. The highest BCUT2D eigenvalue weighted by molar-refractivity contribution is 5.93. The Hall–Kier alpha value is -3.03. The summed E-state index contributed by atoms with van der Waals surface area (Å²) in [6.07, 6.45) is 4.92. The van der Waals surface area contributed by atoms with Gasteiger partial charge in [0.15, 0.2) is 0 Å². The van der Waals surface area contributed by atoms with Gasteiger partial charge in [-0.2, -0.15) is 4.98 Å². The van der Waals surface area contributed by atoms with E-state index >= 15 is 0 Å². The molecule has 1 amide bonds. The third-order valence-electron chi connectivity index (χ3n) is 4.68. The molecular weight excluding hydrogens is 332 g/mol. The number of amides is 1. The molecule has 0 aliphatic carbocycles. The maximum absolute atomic E-state index is 12.7. The fraction of sp³-hybridized carbons (Fsp3) is 0.389. The predicted octanol–water partition coefficient (Wildman–Crippen LogP) is 2.48. The number of anilines is 2. The number of nitrogens with zero attached hydrogens (tertiary/aromatic N) is 5. The Morgan fingerprint density at radius 2 is 2.19 bits per heavy atom. The number of fused-ring (bicyclic) bond motifs is 1. The molecule has 134 valence electrons. The monoisotopic (exact) mass is 352 g/mol. The van der Waals surface area contributed by atoms with Gasteiger partial charge in [0.2, 0.25) is 5.91 Å². The van der Waals surface area contributed by atoms with Gasteiger partial charge in [-0.25, -0.2) is 9.97 Å². The molecule has 1 aliphatic rings. The van der Waals surface area contributed by atoms with Crippen LogP contribution in [0.25, 0.3) is 11.1 Å². The molecule has 3 aromatic heterocycles. The normalized spacial score (nSPS) is 17.5. The van der Waals surface area contributed by atoms with Crippen molar-refractivity contribution in [3.8, 4) is 0 Å². The topological polar surface area (TPSA) is 97.0 Å². The number of piperidine rings is 1. The smallest absolute Gasteiger partial charge is 0.263 e. The standard InChI is InChI=1S/C18H20N6O2/c1-11-5-6-19-14(8-11)22-17(25)13-4-3-7-24(9-13)16-15-12(2)23-26-18(15)21-10-20-16/h5-6,8,10,13H,3-4,7,9H2,1-2H3,(H,19,22,25)/t13-/m1/s1. The zero-order valence-electron chi connectivity index (χ0n) is 14.8. The van der Waals surface area contributed by atoms with E-state index in [0.29, 0.717) is 18.1 Å². The van der Waals surface area contributed by atoms with E-state index in [9.17, 15) is 4.79 Å². The SMILES string of the molecule is Cc1ccnc(NC(=O)[C@@H]2CCCN(c3ncnc4onc(C)c34)C2)c1. The number of aryl methyl sites for hydroxylation is 2. The lowest BCUT2D eigenvalue weighted by molar-refractivity contribution is -0.120. The fourth-order valence-electron chi connectivity index (χ4n) is 3.36. The van der Waals surface area contributed by atoms with Crippen molar-refractivity contribution in [2.75, 3.05) is 23.3 Å². The van der Waals surface area contributed by atoms with E-state index in [1.54, 1.807) is 6.20 Å². The number of carbonyl (C=O) groups is 1. The van der Waals surface area contributed by atoms with Gasteiger partial charge in [0.1, 0.15) is 23.3 Å². The van der Waals surface area contributed by atoms with Gasteiger partial charge in [-0.05, 0) is 44.4 Å². The van der Waals surface area contributed by atoms with Gasteiger partial charge in [0.05, 0.1) is 11.6 Å². The highest BCUT2D eigenvalue weighted by Gasteiger charge is 2.28. The van der Waals surface area contributed by atoms with Crippen LogP contribution in [0, 0.1) is 19.8 Å². The number of hydrogen-bond acceptors (Lipinski definition) is 7. The number of nitrogens with one attached hydrogen (secondary N) is 1. The van der Waals surface area contributed by atoms with Crippen LogP contribution in [0.5, 0.6) is 0 Å². The molecule has 0 radical (unpaired) electrons. The average Bonchev–Trinajstić information content (AvgIpc) is 3.03. The van der Waals surface area contributed by atoms with E-state index in [1.165, 1.54) is 6.33 Å². The zero-order chi connectivity index (χ0) is 18.1. The van der Waals surface area contributed by atoms with Crippen molar-refractivity contribution in [3.63, 3.8) is 0 Å². The second kappa shape index (κ2) is 6.70. The number of rotatable bonds is 3. The zero-order valence-corrected chi connectivity index (χ0v) is 14.8. The molecule has 3 aromatic rings. The third-order valence-corrected chi connectivity index (χ3v) is 4.68. The molecule has 1 fully saturated rings. The Kier molecular flexibility index (Phi) is 4.24. The minimum absolute atomic E-state index is 0.0138. The molecule has 8 nitrogen and oxygen atoms in total. The van der Waals surface area contributed by atoms with Gasteiger partial charge in [0, 0.05) is 19.3 Å². The highest BCUT2D eigenvalue weighted by atomic mass is 16.5. The first-order valence-corrected chi connectivity index (χ1v) is 8.67. The van der Waals surface area contributed by atoms with Crippen LogP contribution in [0.1, 0.15) is 24.1 Å². The van der Waals surface area contributed by atoms with Crippen molar-refractivity contribution in [2.24, 2.45) is 5.92 Å². The van der Waals surface area contributed by atoms with Crippen molar-refractivity contribution < 1.29 is 9.32 Å². The van der Waals surface area contributed by atoms with Crippen molar-refractivity contribution in [2.45, 2.75) is 26.7 Å². The summed E-state index contributed by atoms with van der Waals surface area (Å²) in [7, 11) is 0. The van der Waals surface area contributed by atoms with Gasteiger partial charge < -0.3 is 14.7 Å². The van der Waals surface area contributed by atoms with Crippen LogP contribution in [-0.2, 0) is 4.79 Å². The Morgan fingerprint density at radius 3 is 3.04 bits per heavy atom. The Balaban J connectivity index is 1.53. The molecule has 1 atom stereocenters. The van der Waals surface area contributed by atoms with Crippen LogP contribution in [-0.4, -0.2) is 39.1 Å². The molecule has 0 saturated carbocycles. The third kappa shape index (κ3) is 3.10. The summed E-state index contributed by atoms with van der Waals surface area (Å²) >= 11 is 0. The summed E-state index contributed by atoms with van der Waals surface area (Å²) < 4.78 is 5.23. The fourth-order valence-corrected chi connectivity index (χ4v) is 3.36. The molecule has 1 saturated heterocycles. The summed E-state index contributed by atoms with van der Waals surface area (Å²) in [5.41, 5.74) is 2.29. The van der Waals surface area contributed by atoms with Gasteiger partial charge in [0.25, 0.3) is 5.71 Å². The molecule has 1 N–H and O–H groups in total. The van der Waals surface area contributed by atoms with E-state index in [2.05, 4.69) is 30.3 Å². The molecule has 8 heteroatoms. The van der Waals surface area contributed by atoms with Crippen molar-refractivity contribution in [1.29, 1.82) is 0 Å². The van der Waals surface area contributed by atoms with Gasteiger partial charge >= 0.3 is 0 Å². The minimum Gasteiger partial charge on any atom is -0.355 e. The van der Waals surface area contributed by atoms with Crippen LogP contribution in [0.2, 0.25) is 0 Å². The maximum atomic E-state index is 12.7. The van der Waals surface area contributed by atoms with Gasteiger partial charge in [-0.3, -0.25) is 4.79 Å². The van der Waals surface area contributed by atoms with Gasteiger partial charge in [-0.1, -0.05) is 5.16 Å². The Labute approximate surface area is 150 Å². The first-order chi connectivity index (χ1) is 12.6. The first kappa shape index (κ1) is 16.4. The molecular formula is C18H20N6O2. The number of aromatic nitrogens is 4. The van der Waals surface area contributed by atoms with E-state index in [1.807, 2.05) is 26.0 Å². The number of carbonyl (C=O) groups excluding carboxylic acids is 1. The molecule has 4 rings (SSSR count). The van der Waals surface area contributed by atoms with E-state index in [0.717, 1.165) is 41.8 Å². The lowest BCUT2D eigenvalue weighted by Gasteiger charge is -2.32. The lowest BCUT2D eigenvalue weighted by Crippen LogP contribution is -2.41. The van der Waals surface area contributed by atoms with Crippen LogP contribution >= 0.6 is 0 Å². The van der Waals surface area contributed by atoms with Gasteiger partial charge in [-0.15, -0.1) is 0 Å². The molecule has 0 unspecified atom stereocenters. The highest BCUT2D eigenvalue weighted by Crippen LogP contribution is 2.29. The van der Waals surface area contributed by atoms with E-state index < -0.39 is 0 Å². The first-order valence-electron chi connectivity index (χ1n) is 8.67. The van der Waals surface area contributed by atoms with E-state index in [-0.39, 0.29) is 11.8 Å². The molecule has 0 bridgehead atoms. The van der Waals surface area contributed by atoms with Crippen molar-refractivity contribution >= 4 is 28.6 Å². The molecule has 0 spiro atoms. The van der Waals surface area contributed by atoms with Crippen LogP contribution in [0.15, 0.2) is 29.2 Å². The quantitative estimate of drug-likeness (QED) is 0.773. The van der Waals surface area contributed by atoms with E-state index in [4.69, 9.17) is 4.52 Å². The second-order valence-electron chi connectivity index (χ2n) is 6.64. The van der Waals surface area contributed by atoms with Crippen LogP contribution in [0.4, 0.5) is 11.6 Å². The Bertz CT molecular complexity index is 954. The maximum Gasteiger partial charge on any atom is 0.263 e. The second-order valence-corrected chi connectivity index (χ2v) is 6.64. The number of pyridine rings is 1. The summed E-state index contributed by atoms with van der Waals surface area (Å²) in [5, 5.41) is 7.72. The average molecular weight is 352 g/mol. The van der Waals surface area contributed by atoms with Crippen molar-refractivity contribution in [1.82, 2.24) is 20.1 Å². The van der Waals surface area contributed by atoms with Crippen LogP contribution in [0.3, 0.4) is 0 Å². The lowest BCUT2D eigenvalue weighted by atomic mass is 9.97.